The van der Waals surface area contributed by atoms with Crippen molar-refractivity contribution < 1.29 is 31.1 Å². The quantitative estimate of drug-likeness (QED) is 0.637. The molecule has 2 aromatic rings. The summed E-state index contributed by atoms with van der Waals surface area (Å²) in [7, 11) is 0. The topological polar surface area (TPSA) is 41.1 Å². The number of fused-ring (bicyclic) bond motifs is 1. The molecule has 1 aliphatic carbocycles. The maximum absolute atomic E-state index is 14.5. The molecule has 2 aliphatic rings. The van der Waals surface area contributed by atoms with Crippen molar-refractivity contribution in [2.75, 3.05) is 11.9 Å². The van der Waals surface area contributed by atoms with Crippen LogP contribution in [0.25, 0.3) is 0 Å². The Bertz CT molecular complexity index is 1000. The van der Waals surface area contributed by atoms with Gasteiger partial charge in [0.2, 0.25) is 5.91 Å². The van der Waals surface area contributed by atoms with E-state index >= 15 is 0 Å². The van der Waals surface area contributed by atoms with E-state index < -0.39 is 53.5 Å². The minimum absolute atomic E-state index is 0.142. The second-order valence-electron chi connectivity index (χ2n) is 8.42. The van der Waals surface area contributed by atoms with Gasteiger partial charge < -0.3 is 10.6 Å². The largest absolute Gasteiger partial charge is 0.405 e. The van der Waals surface area contributed by atoms with Crippen molar-refractivity contribution >= 4 is 11.6 Å². The van der Waals surface area contributed by atoms with Gasteiger partial charge in [-0.2, -0.15) is 13.2 Å². The summed E-state index contributed by atoms with van der Waals surface area (Å²) in [6.07, 6.45) is -3.95. The maximum Gasteiger partial charge on any atom is 0.405 e. The van der Waals surface area contributed by atoms with E-state index in [1.54, 1.807) is 12.1 Å². The summed E-state index contributed by atoms with van der Waals surface area (Å²) in [6.45, 7) is 0.413. The third kappa shape index (κ3) is 3.85. The molecule has 1 fully saturated rings. The van der Waals surface area contributed by atoms with Crippen molar-refractivity contribution in [3.63, 3.8) is 0 Å². The minimum atomic E-state index is -4.50. The van der Waals surface area contributed by atoms with Crippen molar-refractivity contribution in [1.82, 2.24) is 5.32 Å². The highest BCUT2D eigenvalue weighted by atomic mass is 19.4. The highest BCUT2D eigenvalue weighted by Crippen LogP contribution is 2.59. The average Bonchev–Trinajstić information content (AvgIpc) is 2.93. The fourth-order valence-corrected chi connectivity index (χ4v) is 4.79. The zero-order chi connectivity index (χ0) is 22.6. The Morgan fingerprint density at radius 3 is 2.35 bits per heavy atom. The Morgan fingerprint density at radius 1 is 1.10 bits per heavy atom. The molecule has 31 heavy (non-hydrogen) atoms. The predicted octanol–water partition coefficient (Wildman–Crippen LogP) is 5.23. The maximum atomic E-state index is 14.5. The Labute approximate surface area is 174 Å². The van der Waals surface area contributed by atoms with Crippen LogP contribution in [0.2, 0.25) is 0 Å². The smallest absolute Gasteiger partial charge is 0.375 e. The van der Waals surface area contributed by atoms with Gasteiger partial charge in [0.05, 0.1) is 11.7 Å². The van der Waals surface area contributed by atoms with Crippen LogP contribution in [0.15, 0.2) is 36.4 Å². The molecular weight excluding hydrogens is 422 g/mol. The van der Waals surface area contributed by atoms with Gasteiger partial charge in [-0.15, -0.1) is 0 Å². The average molecular weight is 442 g/mol. The summed E-state index contributed by atoms with van der Waals surface area (Å²) in [4.78, 5) is 12.1. The highest BCUT2D eigenvalue weighted by molar-refractivity contribution is 5.80. The van der Waals surface area contributed by atoms with E-state index in [1.165, 1.54) is 18.2 Å². The first-order chi connectivity index (χ1) is 14.5. The normalized spacial score (nSPS) is 27.3. The van der Waals surface area contributed by atoms with E-state index in [1.807, 2.05) is 12.2 Å². The number of carbonyl (C=O) groups is 1. The van der Waals surface area contributed by atoms with E-state index in [4.69, 9.17) is 0 Å². The number of anilines is 1. The van der Waals surface area contributed by atoms with Crippen LogP contribution in [0.3, 0.4) is 0 Å². The van der Waals surface area contributed by atoms with Crippen LogP contribution in [0.4, 0.5) is 32.0 Å². The Hall–Kier alpha value is -2.71. The van der Waals surface area contributed by atoms with Gasteiger partial charge in [-0.05, 0) is 48.1 Å². The van der Waals surface area contributed by atoms with E-state index in [0.29, 0.717) is 11.1 Å². The van der Waals surface area contributed by atoms with Gasteiger partial charge in [-0.25, -0.2) is 13.2 Å². The van der Waals surface area contributed by atoms with Crippen LogP contribution < -0.4 is 10.6 Å². The summed E-state index contributed by atoms with van der Waals surface area (Å²) < 4.78 is 79.1. The number of alkyl halides is 3. The van der Waals surface area contributed by atoms with Gasteiger partial charge in [0.25, 0.3) is 0 Å². The van der Waals surface area contributed by atoms with Crippen LogP contribution in [-0.2, 0) is 10.2 Å². The number of halogens is 6. The monoisotopic (exact) mass is 442 g/mol. The number of benzene rings is 2. The number of hydrogen-bond acceptors (Lipinski definition) is 2. The lowest BCUT2D eigenvalue weighted by molar-refractivity contribution is -0.144. The fraction of sp³-hybridized carbons (Fsp3) is 0.409. The standard InChI is InChI=1S/C22H20F6N2O/c1-21(13-6-12(7-13)20(31)29-10-22(26,27)28)16-8-15(24)9-17(25)18(16)30-19(21)11-2-4-14(23)5-3-11/h2-5,8-9,12-13,19,30H,6-7,10H2,1H3,(H,29,31). The molecule has 1 saturated carbocycles. The lowest BCUT2D eigenvalue weighted by Gasteiger charge is -2.48. The third-order valence-corrected chi connectivity index (χ3v) is 6.55. The molecule has 4 rings (SSSR count). The van der Waals surface area contributed by atoms with Gasteiger partial charge in [0.1, 0.15) is 24.0 Å². The van der Waals surface area contributed by atoms with E-state index in [-0.39, 0.29) is 24.4 Å². The molecule has 3 nitrogen and oxygen atoms in total. The molecule has 0 bridgehead atoms. The summed E-state index contributed by atoms with van der Waals surface area (Å²) in [5.41, 5.74) is 0.350. The van der Waals surface area contributed by atoms with Crippen LogP contribution in [-0.4, -0.2) is 18.6 Å². The second-order valence-corrected chi connectivity index (χ2v) is 8.42. The van der Waals surface area contributed by atoms with Gasteiger partial charge in [-0.3, -0.25) is 4.79 Å². The second kappa shape index (κ2) is 7.46. The molecule has 2 aromatic carbocycles. The molecule has 9 heteroatoms. The van der Waals surface area contributed by atoms with Crippen LogP contribution in [0, 0.1) is 29.3 Å². The predicted molar refractivity (Wildman–Crippen MR) is 102 cm³/mol. The van der Waals surface area contributed by atoms with Crippen molar-refractivity contribution in [3.05, 3.63) is 65.0 Å². The SMILES string of the molecule is CC1(C2CC(C(=O)NCC(F)(F)F)C2)c2cc(F)cc(F)c2NC1c1ccc(F)cc1. The first kappa shape index (κ1) is 21.5. The summed E-state index contributed by atoms with van der Waals surface area (Å²) in [5.74, 6) is -3.47. The number of amides is 1. The molecular formula is C22H20F6N2O. The highest BCUT2D eigenvalue weighted by Gasteiger charge is 2.55. The molecule has 0 aromatic heterocycles. The van der Waals surface area contributed by atoms with Gasteiger partial charge in [-0.1, -0.05) is 19.1 Å². The molecule has 1 aliphatic heterocycles. The molecule has 166 valence electrons. The zero-order valence-corrected chi connectivity index (χ0v) is 16.5. The van der Waals surface area contributed by atoms with E-state index in [0.717, 1.165) is 6.07 Å². The Balaban J connectivity index is 1.62. The summed E-state index contributed by atoms with van der Waals surface area (Å²) in [5, 5.41) is 4.97. The lowest BCUT2D eigenvalue weighted by Crippen LogP contribution is -2.49. The summed E-state index contributed by atoms with van der Waals surface area (Å²) in [6, 6.07) is 7.13. The van der Waals surface area contributed by atoms with Crippen molar-refractivity contribution in [3.8, 4) is 0 Å². The lowest BCUT2D eigenvalue weighted by atomic mass is 9.56. The van der Waals surface area contributed by atoms with E-state index in [2.05, 4.69) is 5.32 Å². The van der Waals surface area contributed by atoms with Gasteiger partial charge >= 0.3 is 6.18 Å². The number of carbonyl (C=O) groups excluding carboxylic acids is 1. The number of hydrogen-bond donors (Lipinski definition) is 2. The molecule has 1 heterocycles. The fourth-order valence-electron chi connectivity index (χ4n) is 4.79. The van der Waals surface area contributed by atoms with Crippen LogP contribution >= 0.6 is 0 Å². The van der Waals surface area contributed by atoms with E-state index in [9.17, 15) is 31.1 Å². The third-order valence-electron chi connectivity index (χ3n) is 6.55. The molecule has 0 radical (unpaired) electrons. The zero-order valence-electron chi connectivity index (χ0n) is 16.5. The molecule has 2 N–H and O–H groups in total. The first-order valence-corrected chi connectivity index (χ1v) is 9.85. The van der Waals surface area contributed by atoms with Crippen molar-refractivity contribution in [1.29, 1.82) is 0 Å². The van der Waals surface area contributed by atoms with Gasteiger partial charge in [0.15, 0.2) is 0 Å². The Morgan fingerprint density at radius 2 is 1.74 bits per heavy atom. The van der Waals surface area contributed by atoms with Crippen molar-refractivity contribution in [2.24, 2.45) is 11.8 Å². The molecule has 0 spiro atoms. The van der Waals surface area contributed by atoms with Crippen molar-refractivity contribution in [2.45, 2.75) is 37.4 Å². The summed E-state index contributed by atoms with van der Waals surface area (Å²) >= 11 is 0. The minimum Gasteiger partial charge on any atom is -0.375 e. The number of nitrogens with one attached hydrogen (secondary N) is 2. The van der Waals surface area contributed by atoms with Crippen LogP contribution in [0.5, 0.6) is 0 Å². The Kier molecular flexibility index (Phi) is 5.18. The molecule has 2 unspecified atom stereocenters. The molecule has 2 atom stereocenters. The first-order valence-electron chi connectivity index (χ1n) is 9.85. The molecule has 0 saturated heterocycles. The molecule has 1 amide bonds. The number of rotatable bonds is 4. The van der Waals surface area contributed by atoms with Crippen LogP contribution in [0.1, 0.15) is 36.9 Å². The van der Waals surface area contributed by atoms with Gasteiger partial charge in [0, 0.05) is 17.4 Å².